The molecule has 1 aromatic heterocycles. The average Bonchev–Trinajstić information content (AvgIpc) is 2.87. The number of nitrogens with one attached hydrogen (secondary N) is 1. The molecule has 1 aliphatic rings. The van der Waals surface area contributed by atoms with Crippen molar-refractivity contribution in [1.29, 1.82) is 0 Å². The molecular formula is C8H9F3N4O2. The van der Waals surface area contributed by atoms with Crippen molar-refractivity contribution in [2.75, 3.05) is 5.32 Å². The number of nitrogens with zero attached hydrogens (tertiary/aromatic N) is 3. The molecule has 0 atom stereocenters. The third kappa shape index (κ3) is 1.81. The summed E-state index contributed by atoms with van der Waals surface area (Å²) in [4.78, 5) is 13.2. The molecule has 1 aromatic rings. The highest BCUT2D eigenvalue weighted by Gasteiger charge is 2.64. The highest BCUT2D eigenvalue weighted by atomic mass is 19.4. The Balaban J connectivity index is 2.31. The smallest absolute Gasteiger partial charge is 0.358 e. The zero-order valence-corrected chi connectivity index (χ0v) is 8.78. The summed E-state index contributed by atoms with van der Waals surface area (Å²) in [5.74, 6) is -0.812. The second-order valence-electron chi connectivity index (χ2n) is 3.99. The van der Waals surface area contributed by atoms with Crippen LogP contribution in [0.25, 0.3) is 0 Å². The Morgan fingerprint density at radius 1 is 1.59 bits per heavy atom. The van der Waals surface area contributed by atoms with Crippen LogP contribution in [-0.2, 0) is 7.05 Å². The maximum absolute atomic E-state index is 12.7. The third-order valence-corrected chi connectivity index (χ3v) is 2.74. The summed E-state index contributed by atoms with van der Waals surface area (Å²) in [6, 6.07) is 0. The fourth-order valence-electron chi connectivity index (χ4n) is 1.53. The summed E-state index contributed by atoms with van der Waals surface area (Å²) in [6.07, 6.45) is -3.49. The largest absolute Gasteiger partial charge is 0.411 e. The molecule has 9 heteroatoms. The minimum absolute atomic E-state index is 0.0845. The topological polar surface area (TPSA) is 73.0 Å². The fourth-order valence-corrected chi connectivity index (χ4v) is 1.53. The van der Waals surface area contributed by atoms with Gasteiger partial charge >= 0.3 is 12.0 Å². The fraction of sp³-hybridized carbons (Fsp3) is 0.625. The molecule has 2 rings (SSSR count). The molecule has 0 aromatic carbocycles. The lowest BCUT2D eigenvalue weighted by molar-refractivity contribution is -0.388. The molecule has 0 aliphatic heterocycles. The van der Waals surface area contributed by atoms with E-state index >= 15 is 0 Å². The molecule has 0 bridgehead atoms. The van der Waals surface area contributed by atoms with Crippen molar-refractivity contribution in [3.63, 3.8) is 0 Å². The zero-order valence-electron chi connectivity index (χ0n) is 8.78. The van der Waals surface area contributed by atoms with Crippen molar-refractivity contribution in [2.45, 2.75) is 24.6 Å². The molecule has 1 N–H and O–H groups in total. The molecular weight excluding hydrogens is 241 g/mol. The first-order valence-corrected chi connectivity index (χ1v) is 4.77. The number of nitro groups is 1. The van der Waals surface area contributed by atoms with Gasteiger partial charge in [-0.15, -0.1) is 0 Å². The van der Waals surface area contributed by atoms with Gasteiger partial charge in [0.05, 0.1) is 0 Å². The monoisotopic (exact) mass is 250 g/mol. The van der Waals surface area contributed by atoms with Crippen LogP contribution >= 0.6 is 0 Å². The van der Waals surface area contributed by atoms with Gasteiger partial charge in [0.25, 0.3) is 0 Å². The summed E-state index contributed by atoms with van der Waals surface area (Å²) < 4.78 is 39.2. The van der Waals surface area contributed by atoms with Gasteiger partial charge in [-0.25, -0.2) is 0 Å². The highest BCUT2D eigenvalue weighted by molar-refractivity contribution is 5.55. The van der Waals surface area contributed by atoms with Crippen molar-refractivity contribution in [3.8, 4) is 0 Å². The normalized spacial score (nSPS) is 17.9. The third-order valence-electron chi connectivity index (χ3n) is 2.74. The Morgan fingerprint density at radius 3 is 2.59 bits per heavy atom. The van der Waals surface area contributed by atoms with E-state index in [2.05, 4.69) is 10.3 Å². The first-order valence-electron chi connectivity index (χ1n) is 4.77. The standard InChI is InChI=1S/C8H9F3N4O2/c1-14-4-12-5(15(16)17)6(14)13-7(2-3-7)8(9,10)11/h4,13H,2-3H2,1H3. The lowest BCUT2D eigenvalue weighted by atomic mass is 10.2. The van der Waals surface area contributed by atoms with Gasteiger partial charge in [0, 0.05) is 7.05 Å². The van der Waals surface area contributed by atoms with Crippen LogP contribution < -0.4 is 5.32 Å². The molecule has 17 heavy (non-hydrogen) atoms. The maximum Gasteiger partial charge on any atom is 0.411 e. The van der Waals surface area contributed by atoms with Crippen LogP contribution in [0.2, 0.25) is 0 Å². The van der Waals surface area contributed by atoms with Crippen LogP contribution in [0.1, 0.15) is 12.8 Å². The Kier molecular flexibility index (Phi) is 2.30. The number of alkyl halides is 3. The van der Waals surface area contributed by atoms with Crippen molar-refractivity contribution in [1.82, 2.24) is 9.55 Å². The lowest BCUT2D eigenvalue weighted by Crippen LogP contribution is -2.39. The number of hydrogen-bond acceptors (Lipinski definition) is 4. The lowest BCUT2D eigenvalue weighted by Gasteiger charge is -2.21. The van der Waals surface area contributed by atoms with Crippen LogP contribution in [0.4, 0.5) is 24.8 Å². The van der Waals surface area contributed by atoms with Gasteiger partial charge in [-0.05, 0) is 22.7 Å². The van der Waals surface area contributed by atoms with Gasteiger partial charge < -0.3 is 15.4 Å². The Labute approximate surface area is 93.6 Å². The van der Waals surface area contributed by atoms with Gasteiger partial charge in [0.2, 0.25) is 12.1 Å². The molecule has 1 aliphatic carbocycles. The molecule has 1 fully saturated rings. The number of imidazole rings is 1. The summed E-state index contributed by atoms with van der Waals surface area (Å²) >= 11 is 0. The first-order chi connectivity index (χ1) is 7.77. The van der Waals surface area contributed by atoms with E-state index in [9.17, 15) is 23.3 Å². The van der Waals surface area contributed by atoms with Crippen LogP contribution in [0.15, 0.2) is 6.33 Å². The molecule has 0 spiro atoms. The van der Waals surface area contributed by atoms with E-state index in [1.165, 1.54) is 11.6 Å². The number of anilines is 1. The van der Waals surface area contributed by atoms with Gasteiger partial charge in [-0.3, -0.25) is 4.57 Å². The van der Waals surface area contributed by atoms with Gasteiger partial charge in [0.1, 0.15) is 5.54 Å². The van der Waals surface area contributed by atoms with E-state index in [0.29, 0.717) is 0 Å². The molecule has 6 nitrogen and oxygen atoms in total. The minimum Gasteiger partial charge on any atom is -0.358 e. The van der Waals surface area contributed by atoms with E-state index in [1.54, 1.807) is 0 Å². The van der Waals surface area contributed by atoms with E-state index in [-0.39, 0.29) is 18.7 Å². The van der Waals surface area contributed by atoms with Gasteiger partial charge in [-0.2, -0.15) is 13.2 Å². The molecule has 0 radical (unpaired) electrons. The first kappa shape index (κ1) is 11.7. The molecule has 0 unspecified atom stereocenters. The number of halogens is 3. The minimum atomic E-state index is -4.43. The molecule has 1 saturated carbocycles. The second kappa shape index (κ2) is 3.34. The number of aryl methyl sites for hydroxylation is 1. The van der Waals surface area contributed by atoms with Crippen LogP contribution in [0.5, 0.6) is 0 Å². The molecule has 0 saturated heterocycles. The summed E-state index contributed by atoms with van der Waals surface area (Å²) in [5.41, 5.74) is -2.04. The quantitative estimate of drug-likeness (QED) is 0.656. The van der Waals surface area contributed by atoms with Crippen LogP contribution in [0, 0.1) is 10.1 Å². The predicted molar refractivity (Wildman–Crippen MR) is 51.5 cm³/mol. The summed E-state index contributed by atoms with van der Waals surface area (Å²) in [6.45, 7) is 0. The second-order valence-corrected chi connectivity index (χ2v) is 3.99. The Bertz CT molecular complexity index is 464. The van der Waals surface area contributed by atoms with E-state index < -0.39 is 22.5 Å². The van der Waals surface area contributed by atoms with E-state index in [1.807, 2.05) is 0 Å². The Morgan fingerprint density at radius 2 is 2.18 bits per heavy atom. The van der Waals surface area contributed by atoms with Crippen molar-refractivity contribution in [2.24, 2.45) is 7.05 Å². The Hall–Kier alpha value is -1.80. The van der Waals surface area contributed by atoms with Gasteiger partial charge in [-0.1, -0.05) is 0 Å². The summed E-state index contributed by atoms with van der Waals surface area (Å²) in [5, 5.41) is 12.8. The average molecular weight is 250 g/mol. The number of rotatable bonds is 3. The SMILES string of the molecule is Cn1cnc([N+](=O)[O-])c1NC1(C(F)(F)F)CC1. The molecule has 0 amide bonds. The van der Waals surface area contributed by atoms with Crippen molar-refractivity contribution in [3.05, 3.63) is 16.4 Å². The molecule has 94 valence electrons. The number of aromatic nitrogens is 2. The number of hydrogen-bond donors (Lipinski definition) is 1. The van der Waals surface area contributed by atoms with Crippen LogP contribution in [0.3, 0.4) is 0 Å². The van der Waals surface area contributed by atoms with Gasteiger partial charge in [0.15, 0.2) is 0 Å². The van der Waals surface area contributed by atoms with Crippen molar-refractivity contribution < 1.29 is 18.1 Å². The van der Waals surface area contributed by atoms with E-state index in [4.69, 9.17) is 0 Å². The van der Waals surface area contributed by atoms with Crippen molar-refractivity contribution >= 4 is 11.6 Å². The summed E-state index contributed by atoms with van der Waals surface area (Å²) in [7, 11) is 1.40. The zero-order chi connectivity index (χ0) is 12.8. The maximum atomic E-state index is 12.7. The highest BCUT2D eigenvalue weighted by Crippen LogP contribution is 2.51. The molecule has 1 heterocycles. The predicted octanol–water partition coefficient (Wildman–Crippen LogP) is 1.84. The van der Waals surface area contributed by atoms with Crippen LogP contribution in [-0.4, -0.2) is 26.2 Å². The van der Waals surface area contributed by atoms with E-state index in [0.717, 1.165) is 6.33 Å².